The number of piperidine rings is 1. The standard InChI is InChI=1S/C12H19N3/c1-13-9-11-5-6-12(10-14-11)15-7-3-2-4-8-15/h5-6,10,13H,2-4,7-9H2,1H3. The first-order valence-corrected chi connectivity index (χ1v) is 5.74. The lowest BCUT2D eigenvalue weighted by Crippen LogP contribution is -2.29. The lowest BCUT2D eigenvalue weighted by molar-refractivity contribution is 0.577. The number of nitrogens with one attached hydrogen (secondary N) is 1. The van der Waals surface area contributed by atoms with E-state index in [0.717, 1.165) is 12.2 Å². The van der Waals surface area contributed by atoms with Crippen LogP contribution in [0.2, 0.25) is 0 Å². The maximum Gasteiger partial charge on any atom is 0.0552 e. The van der Waals surface area contributed by atoms with Crippen LogP contribution in [-0.2, 0) is 6.54 Å². The first-order valence-electron chi connectivity index (χ1n) is 5.74. The van der Waals surface area contributed by atoms with Crippen LogP contribution in [0.1, 0.15) is 25.0 Å². The third-order valence-electron chi connectivity index (χ3n) is 2.89. The van der Waals surface area contributed by atoms with Crippen LogP contribution in [0.3, 0.4) is 0 Å². The minimum absolute atomic E-state index is 0.848. The number of hydrogen-bond donors (Lipinski definition) is 1. The van der Waals surface area contributed by atoms with Crippen LogP contribution in [-0.4, -0.2) is 25.1 Å². The number of aromatic nitrogens is 1. The number of anilines is 1. The predicted octanol–water partition coefficient (Wildman–Crippen LogP) is 1.79. The van der Waals surface area contributed by atoms with Crippen molar-refractivity contribution in [2.45, 2.75) is 25.8 Å². The lowest BCUT2D eigenvalue weighted by Gasteiger charge is -2.28. The smallest absolute Gasteiger partial charge is 0.0552 e. The molecule has 3 heteroatoms. The fourth-order valence-electron chi connectivity index (χ4n) is 2.04. The summed E-state index contributed by atoms with van der Waals surface area (Å²) in [5, 5.41) is 3.11. The lowest BCUT2D eigenvalue weighted by atomic mass is 10.1. The van der Waals surface area contributed by atoms with E-state index in [1.54, 1.807) is 0 Å². The van der Waals surface area contributed by atoms with E-state index >= 15 is 0 Å². The van der Waals surface area contributed by atoms with Crippen molar-refractivity contribution in [3.63, 3.8) is 0 Å². The van der Waals surface area contributed by atoms with Gasteiger partial charge in [-0.15, -0.1) is 0 Å². The Labute approximate surface area is 91.5 Å². The Balaban J connectivity index is 2.02. The van der Waals surface area contributed by atoms with Gasteiger partial charge in [0.05, 0.1) is 17.6 Å². The molecule has 1 aromatic rings. The molecule has 0 spiro atoms. The Morgan fingerprint density at radius 2 is 2.07 bits per heavy atom. The second-order valence-electron chi connectivity index (χ2n) is 4.09. The largest absolute Gasteiger partial charge is 0.370 e. The number of nitrogens with zero attached hydrogens (tertiary/aromatic N) is 2. The van der Waals surface area contributed by atoms with Gasteiger partial charge in [-0.2, -0.15) is 0 Å². The van der Waals surface area contributed by atoms with Crippen molar-refractivity contribution in [1.82, 2.24) is 10.3 Å². The highest BCUT2D eigenvalue weighted by molar-refractivity contribution is 5.44. The molecular formula is C12H19N3. The van der Waals surface area contributed by atoms with Gasteiger partial charge in [0.2, 0.25) is 0 Å². The van der Waals surface area contributed by atoms with Gasteiger partial charge in [0.15, 0.2) is 0 Å². The summed E-state index contributed by atoms with van der Waals surface area (Å²) in [6.45, 7) is 3.22. The molecule has 2 heterocycles. The summed E-state index contributed by atoms with van der Waals surface area (Å²) in [6.07, 6.45) is 6.01. The van der Waals surface area contributed by atoms with Crippen LogP contribution < -0.4 is 10.2 Å². The minimum Gasteiger partial charge on any atom is -0.370 e. The van der Waals surface area contributed by atoms with E-state index in [1.807, 2.05) is 13.2 Å². The van der Waals surface area contributed by atoms with E-state index in [-0.39, 0.29) is 0 Å². The van der Waals surface area contributed by atoms with Crippen molar-refractivity contribution in [1.29, 1.82) is 0 Å². The normalized spacial score (nSPS) is 16.7. The quantitative estimate of drug-likeness (QED) is 0.815. The Morgan fingerprint density at radius 3 is 2.67 bits per heavy atom. The molecule has 0 radical (unpaired) electrons. The summed E-state index contributed by atoms with van der Waals surface area (Å²) >= 11 is 0. The Hall–Kier alpha value is -1.09. The van der Waals surface area contributed by atoms with E-state index in [2.05, 4.69) is 27.3 Å². The Morgan fingerprint density at radius 1 is 1.27 bits per heavy atom. The first kappa shape index (κ1) is 10.4. The third-order valence-corrected chi connectivity index (χ3v) is 2.89. The van der Waals surface area contributed by atoms with Crippen molar-refractivity contribution < 1.29 is 0 Å². The first-order chi connectivity index (χ1) is 7.40. The van der Waals surface area contributed by atoms with Crippen molar-refractivity contribution in [2.75, 3.05) is 25.0 Å². The highest BCUT2D eigenvalue weighted by Crippen LogP contribution is 2.18. The van der Waals surface area contributed by atoms with Crippen LogP contribution in [0.25, 0.3) is 0 Å². The molecule has 82 valence electrons. The van der Waals surface area contributed by atoms with Gasteiger partial charge in [-0.3, -0.25) is 4.98 Å². The Kier molecular flexibility index (Phi) is 3.56. The molecule has 1 aromatic heterocycles. The minimum atomic E-state index is 0.848. The average molecular weight is 205 g/mol. The predicted molar refractivity (Wildman–Crippen MR) is 63.1 cm³/mol. The summed E-state index contributed by atoms with van der Waals surface area (Å²) in [5.41, 5.74) is 2.38. The summed E-state index contributed by atoms with van der Waals surface area (Å²) in [4.78, 5) is 6.87. The zero-order valence-corrected chi connectivity index (χ0v) is 9.37. The highest BCUT2D eigenvalue weighted by Gasteiger charge is 2.10. The van der Waals surface area contributed by atoms with Crippen LogP contribution in [0, 0.1) is 0 Å². The Bertz CT molecular complexity index is 288. The second kappa shape index (κ2) is 5.12. The molecule has 3 nitrogen and oxygen atoms in total. The monoisotopic (exact) mass is 205 g/mol. The molecule has 15 heavy (non-hydrogen) atoms. The fourth-order valence-corrected chi connectivity index (χ4v) is 2.04. The molecule has 0 atom stereocenters. The SMILES string of the molecule is CNCc1ccc(N2CCCCC2)cn1. The van der Waals surface area contributed by atoms with E-state index in [0.29, 0.717) is 0 Å². The van der Waals surface area contributed by atoms with Gasteiger partial charge in [0.25, 0.3) is 0 Å². The van der Waals surface area contributed by atoms with Crippen molar-refractivity contribution in [3.05, 3.63) is 24.0 Å². The molecule has 0 bridgehead atoms. The van der Waals surface area contributed by atoms with Gasteiger partial charge in [-0.25, -0.2) is 0 Å². The van der Waals surface area contributed by atoms with Crippen molar-refractivity contribution >= 4 is 5.69 Å². The van der Waals surface area contributed by atoms with E-state index < -0.39 is 0 Å². The molecule has 0 aliphatic carbocycles. The van der Waals surface area contributed by atoms with Crippen molar-refractivity contribution in [2.24, 2.45) is 0 Å². The molecule has 0 amide bonds. The second-order valence-corrected chi connectivity index (χ2v) is 4.09. The molecular weight excluding hydrogens is 186 g/mol. The van der Waals surface area contributed by atoms with Crippen LogP contribution in [0.15, 0.2) is 18.3 Å². The van der Waals surface area contributed by atoms with Crippen LogP contribution in [0.5, 0.6) is 0 Å². The topological polar surface area (TPSA) is 28.2 Å². The van der Waals surface area contributed by atoms with E-state index in [4.69, 9.17) is 0 Å². The fraction of sp³-hybridized carbons (Fsp3) is 0.583. The van der Waals surface area contributed by atoms with E-state index in [9.17, 15) is 0 Å². The van der Waals surface area contributed by atoms with Gasteiger partial charge >= 0.3 is 0 Å². The van der Waals surface area contributed by atoms with Gasteiger partial charge < -0.3 is 10.2 Å². The molecule has 0 aromatic carbocycles. The molecule has 1 fully saturated rings. The van der Waals surface area contributed by atoms with Crippen LogP contribution in [0.4, 0.5) is 5.69 Å². The molecule has 0 saturated carbocycles. The van der Waals surface area contributed by atoms with Gasteiger partial charge in [-0.05, 0) is 38.4 Å². The van der Waals surface area contributed by atoms with Crippen LogP contribution >= 0.6 is 0 Å². The summed E-state index contributed by atoms with van der Waals surface area (Å²) < 4.78 is 0. The molecule has 1 saturated heterocycles. The summed E-state index contributed by atoms with van der Waals surface area (Å²) in [7, 11) is 1.94. The highest BCUT2D eigenvalue weighted by atomic mass is 15.1. The molecule has 1 N–H and O–H groups in total. The summed E-state index contributed by atoms with van der Waals surface area (Å²) in [5.74, 6) is 0. The number of pyridine rings is 1. The molecule has 1 aliphatic heterocycles. The average Bonchev–Trinajstić information content (AvgIpc) is 2.32. The summed E-state index contributed by atoms with van der Waals surface area (Å²) in [6, 6.07) is 4.30. The van der Waals surface area contributed by atoms with Gasteiger partial charge in [-0.1, -0.05) is 0 Å². The van der Waals surface area contributed by atoms with Gasteiger partial charge in [0, 0.05) is 19.6 Å². The molecule has 1 aliphatic rings. The maximum absolute atomic E-state index is 4.44. The number of hydrogen-bond acceptors (Lipinski definition) is 3. The molecule has 2 rings (SSSR count). The molecule has 0 unspecified atom stereocenters. The maximum atomic E-state index is 4.44. The third kappa shape index (κ3) is 2.69. The van der Waals surface area contributed by atoms with E-state index in [1.165, 1.54) is 38.0 Å². The zero-order valence-electron chi connectivity index (χ0n) is 9.37. The zero-order chi connectivity index (χ0) is 10.5. The van der Waals surface area contributed by atoms with Gasteiger partial charge in [0.1, 0.15) is 0 Å². The number of rotatable bonds is 3. The van der Waals surface area contributed by atoms with Crippen molar-refractivity contribution in [3.8, 4) is 0 Å².